The highest BCUT2D eigenvalue weighted by Crippen LogP contribution is 2.44. The molecule has 0 aromatic carbocycles. The number of allylic oxidation sites excluding steroid dienone is 4. The SMILES string of the molecule is CCC1=C(CC)c2nc1c(CC)c1nc(c(CC)c3c(CC)c(CC)c(cc4ccc([nH]4)c2CC)n3CC)C(CC)=C1CC. The zero-order valence-electron chi connectivity index (χ0n) is 29.1. The number of nitrogens with one attached hydrogen (secondary N) is 1. The number of H-pyrrole nitrogens is 1. The van der Waals surface area contributed by atoms with Gasteiger partial charge in [-0.05, 0) is 116 Å². The topological polar surface area (TPSA) is 46.5 Å². The number of fused-ring (bicyclic) bond motifs is 8. The molecule has 0 radical (unpaired) electrons. The second kappa shape index (κ2) is 13.3. The molecule has 5 rings (SSSR count). The molecular weight excluding hydrogens is 536 g/mol. The van der Waals surface area contributed by atoms with Crippen molar-refractivity contribution in [1.82, 2.24) is 19.5 Å². The molecule has 4 heteroatoms. The lowest BCUT2D eigenvalue weighted by atomic mass is 9.91. The third-order valence-electron chi connectivity index (χ3n) is 10.1. The summed E-state index contributed by atoms with van der Waals surface area (Å²) in [5.41, 5.74) is 22.5. The minimum absolute atomic E-state index is 0.916. The van der Waals surface area contributed by atoms with Crippen molar-refractivity contribution in [2.45, 2.75) is 134 Å². The Kier molecular flexibility index (Phi) is 9.68. The van der Waals surface area contributed by atoms with Gasteiger partial charge in [0, 0.05) is 39.8 Å². The number of rotatable bonds is 10. The largest absolute Gasteiger partial charge is 0.355 e. The zero-order valence-corrected chi connectivity index (χ0v) is 29.1. The summed E-state index contributed by atoms with van der Waals surface area (Å²) in [6.45, 7) is 24.0. The van der Waals surface area contributed by atoms with E-state index in [0.29, 0.717) is 0 Å². The number of aryl methyl sites for hydroxylation is 5. The molecule has 0 fully saturated rings. The standard InChI is InChI=1S/C40H54N4/c1-11-25-30(16-6)40-33(19-9)39-29(15-5)28(14-4)38(43-39)32(18-8)37-27(13-3)26(12-2)36(42-37)31(17-7)34-22-21-24(41-34)23-35(25)44(40)20-10/h21-23,41H,11-20H2,1-10H3. The van der Waals surface area contributed by atoms with E-state index in [1.165, 1.54) is 89.4 Å². The highest BCUT2D eigenvalue weighted by Gasteiger charge is 2.29. The Hall–Kier alpha value is -3.40. The Morgan fingerprint density at radius 2 is 0.955 bits per heavy atom. The molecule has 3 aromatic heterocycles. The van der Waals surface area contributed by atoms with Crippen LogP contribution < -0.4 is 0 Å². The van der Waals surface area contributed by atoms with E-state index in [0.717, 1.165) is 69.8 Å². The van der Waals surface area contributed by atoms with Gasteiger partial charge in [-0.15, -0.1) is 0 Å². The van der Waals surface area contributed by atoms with Crippen molar-refractivity contribution in [3.05, 3.63) is 68.8 Å². The third-order valence-corrected chi connectivity index (χ3v) is 10.1. The van der Waals surface area contributed by atoms with Crippen LogP contribution >= 0.6 is 0 Å². The molecule has 2 aliphatic heterocycles. The Bertz CT molecular complexity index is 1800. The van der Waals surface area contributed by atoms with Gasteiger partial charge in [0.05, 0.1) is 28.3 Å². The highest BCUT2D eigenvalue weighted by atomic mass is 15.0. The molecule has 0 aliphatic carbocycles. The van der Waals surface area contributed by atoms with Crippen LogP contribution in [-0.2, 0) is 38.6 Å². The molecule has 1 N–H and O–H groups in total. The van der Waals surface area contributed by atoms with Crippen LogP contribution in [0.2, 0.25) is 0 Å². The second-order valence-corrected chi connectivity index (χ2v) is 12.1. The van der Waals surface area contributed by atoms with E-state index in [9.17, 15) is 0 Å². The summed E-state index contributed by atoms with van der Waals surface area (Å²) in [6, 6.07) is 6.93. The fraction of sp³-hybridized carbons (Fsp3) is 0.500. The predicted octanol–water partition coefficient (Wildman–Crippen LogP) is 11.1. The van der Waals surface area contributed by atoms with Gasteiger partial charge in [0.2, 0.25) is 0 Å². The van der Waals surface area contributed by atoms with Gasteiger partial charge in [0.1, 0.15) is 0 Å². The number of aromatic amines is 1. The van der Waals surface area contributed by atoms with Crippen molar-refractivity contribution in [3.8, 4) is 0 Å². The van der Waals surface area contributed by atoms with Crippen molar-refractivity contribution >= 4 is 44.4 Å². The summed E-state index contributed by atoms with van der Waals surface area (Å²) in [5.74, 6) is 0. The molecule has 3 aromatic rings. The molecule has 0 unspecified atom stereocenters. The van der Waals surface area contributed by atoms with Gasteiger partial charge in [0.25, 0.3) is 0 Å². The van der Waals surface area contributed by atoms with Crippen molar-refractivity contribution < 1.29 is 0 Å². The van der Waals surface area contributed by atoms with Crippen molar-refractivity contribution in [3.63, 3.8) is 0 Å². The molecule has 0 saturated heterocycles. The first-order chi connectivity index (χ1) is 21.4. The molecule has 4 nitrogen and oxygen atoms in total. The van der Waals surface area contributed by atoms with E-state index in [1.54, 1.807) is 0 Å². The van der Waals surface area contributed by atoms with Crippen LogP contribution in [-0.4, -0.2) is 19.5 Å². The maximum absolute atomic E-state index is 5.69. The summed E-state index contributed by atoms with van der Waals surface area (Å²) in [6.07, 6.45) is 8.74. The molecule has 44 heavy (non-hydrogen) atoms. The van der Waals surface area contributed by atoms with Gasteiger partial charge < -0.3 is 9.55 Å². The monoisotopic (exact) mass is 590 g/mol. The van der Waals surface area contributed by atoms with Crippen molar-refractivity contribution in [2.75, 3.05) is 0 Å². The zero-order chi connectivity index (χ0) is 31.7. The normalized spacial score (nSPS) is 13.5. The maximum Gasteiger partial charge on any atom is 0.0726 e. The van der Waals surface area contributed by atoms with Gasteiger partial charge in [-0.3, -0.25) is 0 Å². The lowest BCUT2D eigenvalue weighted by Crippen LogP contribution is -2.01. The average Bonchev–Trinajstić information content (AvgIpc) is 3.80. The lowest BCUT2D eigenvalue weighted by Gasteiger charge is -2.12. The minimum Gasteiger partial charge on any atom is -0.355 e. The lowest BCUT2D eigenvalue weighted by molar-refractivity contribution is 0.815. The van der Waals surface area contributed by atoms with E-state index in [4.69, 9.17) is 9.97 Å². The van der Waals surface area contributed by atoms with Gasteiger partial charge in [0.15, 0.2) is 0 Å². The van der Waals surface area contributed by atoms with Crippen LogP contribution in [0.1, 0.15) is 146 Å². The first-order valence-electron chi connectivity index (χ1n) is 17.6. The minimum atomic E-state index is 0.916. The number of hydrogen-bond donors (Lipinski definition) is 1. The van der Waals surface area contributed by atoms with Crippen molar-refractivity contribution in [1.29, 1.82) is 0 Å². The molecular formula is C40H54N4. The summed E-state index contributed by atoms with van der Waals surface area (Å²) < 4.78 is 2.59. The van der Waals surface area contributed by atoms with Gasteiger partial charge in [-0.2, -0.15) is 0 Å². The summed E-state index contributed by atoms with van der Waals surface area (Å²) in [5, 5.41) is 0. The van der Waals surface area contributed by atoms with E-state index in [1.807, 2.05) is 0 Å². The quantitative estimate of drug-likeness (QED) is 0.255. The number of aromatic nitrogens is 4. The van der Waals surface area contributed by atoms with Crippen LogP contribution in [0.4, 0.5) is 0 Å². The maximum atomic E-state index is 5.69. The van der Waals surface area contributed by atoms with Crippen LogP contribution in [0.25, 0.3) is 44.4 Å². The van der Waals surface area contributed by atoms with E-state index >= 15 is 0 Å². The van der Waals surface area contributed by atoms with Crippen LogP contribution in [0.15, 0.2) is 18.2 Å². The summed E-state index contributed by atoms with van der Waals surface area (Å²) in [7, 11) is 0. The summed E-state index contributed by atoms with van der Waals surface area (Å²) >= 11 is 0. The molecule has 0 saturated carbocycles. The predicted molar refractivity (Wildman–Crippen MR) is 192 cm³/mol. The first kappa shape index (κ1) is 32.0. The first-order valence-corrected chi connectivity index (χ1v) is 17.6. The van der Waals surface area contributed by atoms with Crippen LogP contribution in [0.5, 0.6) is 0 Å². The molecule has 8 bridgehead atoms. The smallest absolute Gasteiger partial charge is 0.0726 e. The van der Waals surface area contributed by atoms with Crippen LogP contribution in [0, 0.1) is 0 Å². The average molecular weight is 591 g/mol. The fourth-order valence-corrected chi connectivity index (χ4v) is 8.14. The Morgan fingerprint density at radius 3 is 1.39 bits per heavy atom. The molecule has 5 heterocycles. The van der Waals surface area contributed by atoms with Gasteiger partial charge in [-0.1, -0.05) is 62.3 Å². The Morgan fingerprint density at radius 1 is 0.500 bits per heavy atom. The van der Waals surface area contributed by atoms with E-state index < -0.39 is 0 Å². The highest BCUT2D eigenvalue weighted by molar-refractivity contribution is 5.99. The molecule has 0 amide bonds. The van der Waals surface area contributed by atoms with Crippen LogP contribution in [0.3, 0.4) is 0 Å². The van der Waals surface area contributed by atoms with E-state index in [2.05, 4.69) is 97.0 Å². The fourth-order valence-electron chi connectivity index (χ4n) is 8.14. The van der Waals surface area contributed by atoms with Crippen molar-refractivity contribution in [2.24, 2.45) is 0 Å². The molecule has 2 aliphatic rings. The molecule has 234 valence electrons. The molecule has 0 atom stereocenters. The Balaban J connectivity index is 2.18. The molecule has 0 spiro atoms. The number of nitrogens with zero attached hydrogens (tertiary/aromatic N) is 3. The van der Waals surface area contributed by atoms with Gasteiger partial charge in [-0.25, -0.2) is 9.97 Å². The second-order valence-electron chi connectivity index (χ2n) is 12.1. The van der Waals surface area contributed by atoms with Gasteiger partial charge >= 0.3 is 0 Å². The third kappa shape index (κ3) is 4.89. The van der Waals surface area contributed by atoms with E-state index in [-0.39, 0.29) is 0 Å². The summed E-state index contributed by atoms with van der Waals surface area (Å²) in [4.78, 5) is 15.1. The Labute approximate surface area is 265 Å². The number of hydrogen-bond acceptors (Lipinski definition) is 2.